The van der Waals surface area contributed by atoms with E-state index in [9.17, 15) is 4.39 Å². The summed E-state index contributed by atoms with van der Waals surface area (Å²) < 4.78 is 14.5. The van der Waals surface area contributed by atoms with Gasteiger partial charge in [-0.3, -0.25) is 0 Å². The standard InChI is InChI=1S/C12H13Br2F/c13-10-6-2-1-4-8(10)9-5-3-7-11(14)12(9)15/h3,5,7-8,10H,1-2,4,6H2. The van der Waals surface area contributed by atoms with Crippen molar-refractivity contribution in [3.8, 4) is 0 Å². The van der Waals surface area contributed by atoms with Gasteiger partial charge in [0.15, 0.2) is 0 Å². The van der Waals surface area contributed by atoms with E-state index in [2.05, 4.69) is 31.9 Å². The highest BCUT2D eigenvalue weighted by Crippen LogP contribution is 2.39. The molecule has 0 nitrogen and oxygen atoms in total. The third-order valence-electron chi connectivity index (χ3n) is 3.06. The Balaban J connectivity index is 2.31. The second kappa shape index (κ2) is 4.96. The molecule has 1 saturated carbocycles. The van der Waals surface area contributed by atoms with Crippen LogP contribution >= 0.6 is 31.9 Å². The maximum absolute atomic E-state index is 13.9. The lowest BCUT2D eigenvalue weighted by Crippen LogP contribution is -2.18. The van der Waals surface area contributed by atoms with Crippen LogP contribution in [0.2, 0.25) is 0 Å². The lowest BCUT2D eigenvalue weighted by Gasteiger charge is -2.28. The highest BCUT2D eigenvalue weighted by Gasteiger charge is 2.26. The van der Waals surface area contributed by atoms with Crippen LogP contribution in [0.5, 0.6) is 0 Å². The molecule has 0 spiro atoms. The zero-order chi connectivity index (χ0) is 10.8. The van der Waals surface area contributed by atoms with Gasteiger partial charge in [-0.1, -0.05) is 40.9 Å². The topological polar surface area (TPSA) is 0 Å². The molecular weight excluding hydrogens is 323 g/mol. The first kappa shape index (κ1) is 11.6. The summed E-state index contributed by atoms with van der Waals surface area (Å²) in [5.74, 6) is 0.241. The van der Waals surface area contributed by atoms with Gasteiger partial charge in [-0.05, 0) is 46.3 Å². The zero-order valence-electron chi connectivity index (χ0n) is 8.35. The summed E-state index contributed by atoms with van der Waals surface area (Å²) in [5, 5.41) is 0. The van der Waals surface area contributed by atoms with E-state index < -0.39 is 0 Å². The van der Waals surface area contributed by atoms with Crippen LogP contribution in [-0.4, -0.2) is 4.83 Å². The van der Waals surface area contributed by atoms with Crippen molar-refractivity contribution in [1.29, 1.82) is 0 Å². The molecule has 0 heterocycles. The van der Waals surface area contributed by atoms with Crippen molar-refractivity contribution in [3.05, 3.63) is 34.1 Å². The summed E-state index contributed by atoms with van der Waals surface area (Å²) in [6.07, 6.45) is 4.70. The van der Waals surface area contributed by atoms with Crippen LogP contribution in [0, 0.1) is 5.82 Å². The van der Waals surface area contributed by atoms with E-state index in [0.717, 1.165) is 18.4 Å². The van der Waals surface area contributed by atoms with Crippen molar-refractivity contribution >= 4 is 31.9 Å². The Labute approximate surface area is 107 Å². The van der Waals surface area contributed by atoms with Crippen LogP contribution in [0.25, 0.3) is 0 Å². The molecule has 15 heavy (non-hydrogen) atoms. The summed E-state index contributed by atoms with van der Waals surface area (Å²) in [6.45, 7) is 0. The molecule has 3 heteroatoms. The number of rotatable bonds is 1. The van der Waals surface area contributed by atoms with Crippen molar-refractivity contribution < 1.29 is 4.39 Å². The first-order valence-corrected chi connectivity index (χ1v) is 6.99. The van der Waals surface area contributed by atoms with E-state index in [-0.39, 0.29) is 5.82 Å². The molecule has 0 N–H and O–H groups in total. The lowest BCUT2D eigenvalue weighted by molar-refractivity contribution is 0.444. The predicted molar refractivity (Wildman–Crippen MR) is 68.0 cm³/mol. The molecule has 0 amide bonds. The molecule has 2 unspecified atom stereocenters. The molecule has 0 saturated heterocycles. The second-order valence-corrected chi connectivity index (χ2v) is 6.08. The lowest BCUT2D eigenvalue weighted by atomic mass is 9.84. The van der Waals surface area contributed by atoms with Crippen LogP contribution in [0.15, 0.2) is 22.7 Å². The van der Waals surface area contributed by atoms with Crippen LogP contribution < -0.4 is 0 Å². The number of benzene rings is 1. The zero-order valence-corrected chi connectivity index (χ0v) is 11.5. The quantitative estimate of drug-likeness (QED) is 0.633. The van der Waals surface area contributed by atoms with Crippen molar-refractivity contribution in [2.75, 3.05) is 0 Å². The highest BCUT2D eigenvalue weighted by molar-refractivity contribution is 9.10. The minimum Gasteiger partial charge on any atom is -0.205 e. The molecular formula is C12H13Br2F. The molecule has 0 aromatic heterocycles. The predicted octanol–water partition coefficient (Wildman–Crippen LogP) is 5.01. The first-order valence-electron chi connectivity index (χ1n) is 5.28. The van der Waals surface area contributed by atoms with Crippen molar-refractivity contribution in [1.82, 2.24) is 0 Å². The Morgan fingerprint density at radius 3 is 2.67 bits per heavy atom. The number of hydrogen-bond donors (Lipinski definition) is 0. The maximum atomic E-state index is 13.9. The number of alkyl halides is 1. The van der Waals surface area contributed by atoms with Crippen LogP contribution in [0.3, 0.4) is 0 Å². The fourth-order valence-electron chi connectivity index (χ4n) is 2.24. The minimum absolute atomic E-state index is 0.0890. The summed E-state index contributed by atoms with van der Waals surface area (Å²) in [4.78, 5) is 0.426. The van der Waals surface area contributed by atoms with E-state index in [4.69, 9.17) is 0 Å². The van der Waals surface area contributed by atoms with E-state index in [1.807, 2.05) is 12.1 Å². The normalized spacial score (nSPS) is 26.6. The molecule has 0 bridgehead atoms. The molecule has 1 aromatic carbocycles. The maximum Gasteiger partial charge on any atom is 0.140 e. The smallest absolute Gasteiger partial charge is 0.140 e. The molecule has 82 valence electrons. The van der Waals surface area contributed by atoms with Crippen molar-refractivity contribution in [2.24, 2.45) is 0 Å². The minimum atomic E-state index is -0.0890. The molecule has 1 aliphatic rings. The van der Waals surface area contributed by atoms with Gasteiger partial charge in [0.05, 0.1) is 4.47 Å². The van der Waals surface area contributed by atoms with Crippen molar-refractivity contribution in [3.63, 3.8) is 0 Å². The fraction of sp³-hybridized carbons (Fsp3) is 0.500. The molecule has 0 radical (unpaired) electrons. The Hall–Kier alpha value is 0.110. The van der Waals surface area contributed by atoms with Gasteiger partial charge in [-0.2, -0.15) is 0 Å². The molecule has 2 rings (SSSR count). The molecule has 1 aromatic rings. The summed E-state index contributed by atoms with van der Waals surface area (Å²) >= 11 is 6.91. The fourth-order valence-corrected chi connectivity index (χ4v) is 3.50. The number of hydrogen-bond acceptors (Lipinski definition) is 0. The van der Waals surface area contributed by atoms with Crippen LogP contribution in [-0.2, 0) is 0 Å². The average Bonchev–Trinajstić information content (AvgIpc) is 2.23. The van der Waals surface area contributed by atoms with Crippen LogP contribution in [0.4, 0.5) is 4.39 Å². The van der Waals surface area contributed by atoms with Gasteiger partial charge in [0.25, 0.3) is 0 Å². The Kier molecular flexibility index (Phi) is 3.83. The molecule has 0 aliphatic heterocycles. The molecule has 1 fully saturated rings. The molecule has 2 atom stereocenters. The second-order valence-electron chi connectivity index (χ2n) is 4.05. The molecule has 1 aliphatic carbocycles. The van der Waals surface area contributed by atoms with E-state index in [0.29, 0.717) is 15.2 Å². The van der Waals surface area contributed by atoms with E-state index in [1.54, 1.807) is 6.07 Å². The SMILES string of the molecule is Fc1c(Br)cccc1C1CCCCC1Br. The Bertz CT molecular complexity index is 351. The summed E-state index contributed by atoms with van der Waals surface area (Å²) in [6, 6.07) is 5.58. The van der Waals surface area contributed by atoms with Gasteiger partial charge in [-0.25, -0.2) is 4.39 Å². The van der Waals surface area contributed by atoms with Gasteiger partial charge < -0.3 is 0 Å². The highest BCUT2D eigenvalue weighted by atomic mass is 79.9. The van der Waals surface area contributed by atoms with Crippen LogP contribution in [0.1, 0.15) is 37.2 Å². The summed E-state index contributed by atoms with van der Waals surface area (Å²) in [5.41, 5.74) is 0.853. The van der Waals surface area contributed by atoms with Gasteiger partial charge in [0.2, 0.25) is 0 Å². The van der Waals surface area contributed by atoms with Gasteiger partial charge in [0, 0.05) is 4.83 Å². The summed E-state index contributed by atoms with van der Waals surface area (Å²) in [7, 11) is 0. The Morgan fingerprint density at radius 1 is 1.20 bits per heavy atom. The van der Waals surface area contributed by atoms with Gasteiger partial charge in [-0.15, -0.1) is 0 Å². The van der Waals surface area contributed by atoms with Gasteiger partial charge >= 0.3 is 0 Å². The Morgan fingerprint density at radius 2 is 1.93 bits per heavy atom. The van der Waals surface area contributed by atoms with Gasteiger partial charge in [0.1, 0.15) is 5.82 Å². The third-order valence-corrected chi connectivity index (χ3v) is 4.77. The monoisotopic (exact) mass is 334 g/mol. The van der Waals surface area contributed by atoms with E-state index in [1.165, 1.54) is 12.8 Å². The van der Waals surface area contributed by atoms with Crippen molar-refractivity contribution in [2.45, 2.75) is 36.4 Å². The number of halogens is 3. The van der Waals surface area contributed by atoms with E-state index >= 15 is 0 Å². The first-order chi connectivity index (χ1) is 7.20. The average molecular weight is 336 g/mol. The third kappa shape index (κ3) is 2.44. The largest absolute Gasteiger partial charge is 0.205 e.